The van der Waals surface area contributed by atoms with Gasteiger partial charge in [-0.25, -0.2) is 0 Å². The number of aromatic nitrogens is 4. The maximum atomic E-state index is 4.69. The van der Waals surface area contributed by atoms with Gasteiger partial charge in [-0.3, -0.25) is 0 Å². The van der Waals surface area contributed by atoms with Gasteiger partial charge in [0.1, 0.15) is 5.01 Å². The Hall–Kier alpha value is -2.53. The average Bonchev–Trinajstić information content (AvgIpc) is 3.08. The highest BCUT2D eigenvalue weighted by molar-refractivity contribution is 7.19. The second-order valence-electron chi connectivity index (χ2n) is 5.36. The Kier molecular flexibility index (Phi) is 3.01. The molecule has 0 bridgehead atoms. The van der Waals surface area contributed by atoms with Gasteiger partial charge in [-0.2, -0.15) is 9.61 Å². The third kappa shape index (κ3) is 2.19. The van der Waals surface area contributed by atoms with Crippen LogP contribution in [0.1, 0.15) is 11.1 Å². The molecule has 22 heavy (non-hydrogen) atoms. The third-order valence-electron chi connectivity index (χ3n) is 3.57. The smallest absolute Gasteiger partial charge is 0.182 e. The second kappa shape index (κ2) is 5.03. The maximum Gasteiger partial charge on any atom is 0.235 e. The minimum Gasteiger partial charge on any atom is -0.182 e. The molecule has 0 atom stereocenters. The van der Waals surface area contributed by atoms with Crippen LogP contribution >= 0.6 is 11.3 Å². The molecule has 4 nitrogen and oxygen atoms in total. The van der Waals surface area contributed by atoms with Crippen molar-refractivity contribution < 1.29 is 0 Å². The highest BCUT2D eigenvalue weighted by Crippen LogP contribution is 2.28. The highest BCUT2D eigenvalue weighted by Gasteiger charge is 2.14. The number of hydrogen-bond acceptors (Lipinski definition) is 4. The Morgan fingerprint density at radius 1 is 0.864 bits per heavy atom. The molecule has 0 saturated carbocycles. The molecule has 4 aromatic rings. The van der Waals surface area contributed by atoms with Gasteiger partial charge >= 0.3 is 0 Å². The van der Waals surface area contributed by atoms with Crippen molar-refractivity contribution in [2.24, 2.45) is 0 Å². The summed E-state index contributed by atoms with van der Waals surface area (Å²) in [7, 11) is 0. The van der Waals surface area contributed by atoms with Crippen molar-refractivity contribution in [3.05, 3.63) is 59.7 Å². The van der Waals surface area contributed by atoms with Gasteiger partial charge < -0.3 is 0 Å². The molecular formula is C17H14N4S. The molecule has 4 rings (SSSR count). The fraction of sp³-hybridized carbons (Fsp3) is 0.118. The maximum absolute atomic E-state index is 4.69. The molecule has 0 aliphatic carbocycles. The van der Waals surface area contributed by atoms with Crippen molar-refractivity contribution in [3.8, 4) is 22.0 Å². The van der Waals surface area contributed by atoms with Crippen LogP contribution in [0.2, 0.25) is 0 Å². The number of rotatable bonds is 2. The average molecular weight is 306 g/mol. The zero-order chi connectivity index (χ0) is 15.1. The lowest BCUT2D eigenvalue weighted by atomic mass is 10.1. The van der Waals surface area contributed by atoms with Crippen molar-refractivity contribution in [2.75, 3.05) is 0 Å². The molecule has 0 N–H and O–H groups in total. The van der Waals surface area contributed by atoms with Crippen LogP contribution < -0.4 is 0 Å². The summed E-state index contributed by atoms with van der Waals surface area (Å²) in [5.41, 5.74) is 4.59. The lowest BCUT2D eigenvalue weighted by Gasteiger charge is -1.98. The molecular weight excluding hydrogens is 292 g/mol. The van der Waals surface area contributed by atoms with E-state index in [4.69, 9.17) is 5.10 Å². The lowest BCUT2D eigenvalue weighted by Crippen LogP contribution is -1.91. The number of fused-ring (bicyclic) bond motifs is 1. The molecule has 0 aliphatic heterocycles. The largest absolute Gasteiger partial charge is 0.235 e. The third-order valence-corrected chi connectivity index (χ3v) is 4.51. The van der Waals surface area contributed by atoms with Crippen molar-refractivity contribution in [2.45, 2.75) is 13.8 Å². The lowest BCUT2D eigenvalue weighted by molar-refractivity contribution is 0.970. The summed E-state index contributed by atoms with van der Waals surface area (Å²) in [6.07, 6.45) is 0. The molecule has 0 saturated heterocycles. The van der Waals surface area contributed by atoms with E-state index >= 15 is 0 Å². The van der Waals surface area contributed by atoms with Gasteiger partial charge in [-0.1, -0.05) is 64.9 Å². The summed E-state index contributed by atoms with van der Waals surface area (Å²) in [5.74, 6) is 0.783. The first-order valence-corrected chi connectivity index (χ1v) is 7.89. The standard InChI is InChI=1S/C17H14N4S/c1-11-6-8-13(9-7-11)15-18-19-17-21(15)20-16(22-17)14-5-3-4-12(2)10-14/h3-10H,1-2H3. The summed E-state index contributed by atoms with van der Waals surface area (Å²) in [4.78, 5) is 0.812. The highest BCUT2D eigenvalue weighted by atomic mass is 32.1. The van der Waals surface area contributed by atoms with Crippen LogP contribution in [0.25, 0.3) is 26.9 Å². The molecule has 2 aromatic carbocycles. The van der Waals surface area contributed by atoms with E-state index in [-0.39, 0.29) is 0 Å². The first-order valence-electron chi connectivity index (χ1n) is 7.07. The van der Waals surface area contributed by atoms with Gasteiger partial charge in [0.05, 0.1) is 0 Å². The zero-order valence-corrected chi connectivity index (χ0v) is 13.1. The summed E-state index contributed by atoms with van der Waals surface area (Å²) < 4.78 is 1.83. The quantitative estimate of drug-likeness (QED) is 0.559. The van der Waals surface area contributed by atoms with E-state index in [1.54, 1.807) is 11.3 Å². The Morgan fingerprint density at radius 3 is 2.45 bits per heavy atom. The number of hydrogen-bond donors (Lipinski definition) is 0. The Morgan fingerprint density at radius 2 is 1.68 bits per heavy atom. The first kappa shape index (κ1) is 13.2. The molecule has 0 aliphatic rings. The molecule has 0 radical (unpaired) electrons. The van der Waals surface area contributed by atoms with Gasteiger partial charge in [0, 0.05) is 11.1 Å². The Balaban J connectivity index is 1.84. The molecule has 5 heteroatoms. The van der Waals surface area contributed by atoms with E-state index in [2.05, 4.69) is 66.5 Å². The van der Waals surface area contributed by atoms with Gasteiger partial charge in [-0.15, -0.1) is 10.2 Å². The minimum atomic E-state index is 0.783. The monoisotopic (exact) mass is 306 g/mol. The molecule has 0 fully saturated rings. The van der Waals surface area contributed by atoms with Gasteiger partial charge in [-0.05, 0) is 19.9 Å². The fourth-order valence-electron chi connectivity index (χ4n) is 2.39. The summed E-state index contributed by atoms with van der Waals surface area (Å²) in [6.45, 7) is 4.16. The van der Waals surface area contributed by atoms with Crippen LogP contribution in [-0.2, 0) is 0 Å². The van der Waals surface area contributed by atoms with E-state index in [9.17, 15) is 0 Å². The SMILES string of the molecule is Cc1ccc(-c2nnc3sc(-c4cccc(C)c4)nn23)cc1. The van der Waals surface area contributed by atoms with E-state index in [1.807, 2.05) is 10.6 Å². The topological polar surface area (TPSA) is 43.1 Å². The van der Waals surface area contributed by atoms with Crippen molar-refractivity contribution in [1.82, 2.24) is 19.8 Å². The summed E-state index contributed by atoms with van der Waals surface area (Å²) in [5, 5.41) is 14.2. The van der Waals surface area contributed by atoms with Crippen molar-refractivity contribution in [3.63, 3.8) is 0 Å². The van der Waals surface area contributed by atoms with Crippen LogP contribution in [0.15, 0.2) is 48.5 Å². The predicted molar refractivity (Wildman–Crippen MR) is 89.0 cm³/mol. The molecule has 0 unspecified atom stereocenters. The van der Waals surface area contributed by atoms with E-state index < -0.39 is 0 Å². The second-order valence-corrected chi connectivity index (χ2v) is 6.32. The summed E-state index contributed by atoms with van der Waals surface area (Å²) >= 11 is 1.56. The van der Waals surface area contributed by atoms with E-state index in [0.29, 0.717) is 0 Å². The fourth-order valence-corrected chi connectivity index (χ4v) is 3.23. The van der Waals surface area contributed by atoms with Crippen LogP contribution in [0.3, 0.4) is 0 Å². The van der Waals surface area contributed by atoms with Crippen LogP contribution in [0.5, 0.6) is 0 Å². The van der Waals surface area contributed by atoms with E-state index in [0.717, 1.165) is 26.9 Å². The molecule has 0 amide bonds. The van der Waals surface area contributed by atoms with Crippen molar-refractivity contribution in [1.29, 1.82) is 0 Å². The summed E-state index contributed by atoms with van der Waals surface area (Å²) in [6, 6.07) is 16.6. The van der Waals surface area contributed by atoms with Crippen LogP contribution in [-0.4, -0.2) is 19.8 Å². The Bertz CT molecular complexity index is 950. The molecule has 108 valence electrons. The number of nitrogens with zero attached hydrogens (tertiary/aromatic N) is 4. The van der Waals surface area contributed by atoms with Gasteiger partial charge in [0.2, 0.25) is 4.96 Å². The van der Waals surface area contributed by atoms with Gasteiger partial charge in [0.25, 0.3) is 0 Å². The zero-order valence-electron chi connectivity index (χ0n) is 12.3. The van der Waals surface area contributed by atoms with Crippen LogP contribution in [0.4, 0.5) is 0 Å². The van der Waals surface area contributed by atoms with Crippen LogP contribution in [0, 0.1) is 13.8 Å². The molecule has 2 heterocycles. The normalized spacial score (nSPS) is 11.2. The predicted octanol–water partition coefficient (Wildman–Crippen LogP) is 4.14. The number of aryl methyl sites for hydroxylation is 2. The molecule has 2 aromatic heterocycles. The minimum absolute atomic E-state index is 0.783. The number of benzene rings is 2. The first-order chi connectivity index (χ1) is 10.7. The van der Waals surface area contributed by atoms with E-state index in [1.165, 1.54) is 11.1 Å². The Labute approximate surface area is 132 Å². The van der Waals surface area contributed by atoms with Gasteiger partial charge in [0.15, 0.2) is 5.82 Å². The van der Waals surface area contributed by atoms with Crippen molar-refractivity contribution >= 4 is 16.3 Å². The molecule has 0 spiro atoms.